The van der Waals surface area contributed by atoms with Gasteiger partial charge >= 0.3 is 5.97 Å². The fourth-order valence-electron chi connectivity index (χ4n) is 0.525. The first-order chi connectivity index (χ1) is 4.92. The van der Waals surface area contributed by atoms with E-state index in [2.05, 4.69) is 5.32 Å². The van der Waals surface area contributed by atoms with Crippen molar-refractivity contribution in [2.75, 3.05) is 6.54 Å². The maximum atomic E-state index is 10.0. The zero-order valence-electron chi connectivity index (χ0n) is 7.22. The van der Waals surface area contributed by atoms with E-state index in [-0.39, 0.29) is 5.54 Å². The SMILES string of the molecule is CC(C)(C)NC/C=C/C(=O)O. The fraction of sp³-hybridized carbons (Fsp3) is 0.625. The Bertz CT molecular complexity index is 156. The van der Waals surface area contributed by atoms with Crippen LogP contribution in [0.2, 0.25) is 0 Å². The number of hydrogen-bond acceptors (Lipinski definition) is 2. The van der Waals surface area contributed by atoms with Gasteiger partial charge in [0.1, 0.15) is 0 Å². The molecule has 0 aromatic rings. The van der Waals surface area contributed by atoms with E-state index >= 15 is 0 Å². The molecule has 0 aliphatic rings. The average molecular weight is 157 g/mol. The van der Waals surface area contributed by atoms with Crippen molar-refractivity contribution >= 4 is 5.97 Å². The van der Waals surface area contributed by atoms with Gasteiger partial charge in [-0.25, -0.2) is 4.79 Å². The van der Waals surface area contributed by atoms with Crippen LogP contribution in [0.1, 0.15) is 20.8 Å². The van der Waals surface area contributed by atoms with Crippen molar-refractivity contribution in [3.05, 3.63) is 12.2 Å². The summed E-state index contributed by atoms with van der Waals surface area (Å²) in [5.74, 6) is -0.902. The van der Waals surface area contributed by atoms with Crippen LogP contribution in [-0.4, -0.2) is 23.2 Å². The fourth-order valence-corrected chi connectivity index (χ4v) is 0.525. The van der Waals surface area contributed by atoms with Gasteiger partial charge in [0, 0.05) is 18.2 Å². The molecule has 0 unspecified atom stereocenters. The summed E-state index contributed by atoms with van der Waals surface area (Å²) in [6.45, 7) is 6.68. The second kappa shape index (κ2) is 4.13. The molecular formula is C8H15NO2. The van der Waals surface area contributed by atoms with Crippen LogP contribution in [0, 0.1) is 0 Å². The molecule has 0 aliphatic heterocycles. The molecule has 11 heavy (non-hydrogen) atoms. The van der Waals surface area contributed by atoms with Gasteiger partial charge < -0.3 is 10.4 Å². The summed E-state index contributed by atoms with van der Waals surface area (Å²) in [6.07, 6.45) is 2.73. The lowest BCUT2D eigenvalue weighted by Gasteiger charge is -2.18. The molecule has 2 N–H and O–H groups in total. The summed E-state index contributed by atoms with van der Waals surface area (Å²) >= 11 is 0. The highest BCUT2D eigenvalue weighted by Crippen LogP contribution is 1.96. The molecule has 0 fully saturated rings. The zero-order chi connectivity index (χ0) is 8.91. The van der Waals surface area contributed by atoms with Gasteiger partial charge in [-0.05, 0) is 20.8 Å². The highest BCUT2D eigenvalue weighted by Gasteiger charge is 2.05. The van der Waals surface area contributed by atoms with E-state index in [0.717, 1.165) is 6.08 Å². The molecule has 0 aromatic heterocycles. The standard InChI is InChI=1S/C8H15NO2/c1-8(2,3)9-6-4-5-7(10)11/h4-5,9H,6H2,1-3H3,(H,10,11)/b5-4+. The normalized spacial score (nSPS) is 12.3. The van der Waals surface area contributed by atoms with Gasteiger partial charge in [-0.15, -0.1) is 0 Å². The molecule has 0 spiro atoms. The summed E-state index contributed by atoms with van der Waals surface area (Å²) in [5.41, 5.74) is 0.0445. The van der Waals surface area contributed by atoms with Gasteiger partial charge in [0.15, 0.2) is 0 Å². The molecule has 3 nitrogen and oxygen atoms in total. The average Bonchev–Trinajstić information content (AvgIpc) is 1.78. The summed E-state index contributed by atoms with van der Waals surface area (Å²) in [6, 6.07) is 0. The van der Waals surface area contributed by atoms with Crippen molar-refractivity contribution in [3.63, 3.8) is 0 Å². The lowest BCUT2D eigenvalue weighted by atomic mass is 10.1. The lowest BCUT2D eigenvalue weighted by Crippen LogP contribution is -2.35. The summed E-state index contributed by atoms with van der Waals surface area (Å²) in [4.78, 5) is 10.0. The molecule has 0 amide bonds. The predicted molar refractivity (Wildman–Crippen MR) is 44.5 cm³/mol. The Morgan fingerprint density at radius 2 is 2.09 bits per heavy atom. The van der Waals surface area contributed by atoms with Crippen LogP contribution in [0.5, 0.6) is 0 Å². The second-order valence-corrected chi connectivity index (χ2v) is 3.37. The molecule has 0 radical (unpaired) electrons. The Balaban J connectivity index is 3.50. The predicted octanol–water partition coefficient (Wildman–Crippen LogP) is 1.02. The Morgan fingerprint density at radius 3 is 2.45 bits per heavy atom. The maximum Gasteiger partial charge on any atom is 0.328 e. The molecule has 0 heterocycles. The second-order valence-electron chi connectivity index (χ2n) is 3.37. The Hall–Kier alpha value is -0.830. The first kappa shape index (κ1) is 10.2. The van der Waals surface area contributed by atoms with Crippen molar-refractivity contribution in [1.29, 1.82) is 0 Å². The Kier molecular flexibility index (Phi) is 3.82. The van der Waals surface area contributed by atoms with Crippen LogP contribution in [-0.2, 0) is 4.79 Å². The Labute approximate surface area is 67.1 Å². The van der Waals surface area contributed by atoms with E-state index in [1.165, 1.54) is 0 Å². The number of carboxylic acids is 1. The molecule has 0 atom stereocenters. The van der Waals surface area contributed by atoms with Crippen molar-refractivity contribution in [1.82, 2.24) is 5.32 Å². The van der Waals surface area contributed by atoms with Gasteiger partial charge in [0.25, 0.3) is 0 Å². The van der Waals surface area contributed by atoms with Crippen LogP contribution in [0.3, 0.4) is 0 Å². The molecule has 0 aromatic carbocycles. The van der Waals surface area contributed by atoms with Crippen LogP contribution in [0.25, 0.3) is 0 Å². The maximum absolute atomic E-state index is 10.0. The van der Waals surface area contributed by atoms with E-state index in [4.69, 9.17) is 5.11 Å². The number of aliphatic carboxylic acids is 1. The first-order valence-corrected chi connectivity index (χ1v) is 3.56. The quantitative estimate of drug-likeness (QED) is 0.601. The summed E-state index contributed by atoms with van der Waals surface area (Å²) in [7, 11) is 0. The number of carboxylic acid groups (broad SMARTS) is 1. The molecule has 3 heteroatoms. The van der Waals surface area contributed by atoms with Gasteiger partial charge in [0.05, 0.1) is 0 Å². The molecule has 0 saturated carbocycles. The molecule has 0 aliphatic carbocycles. The lowest BCUT2D eigenvalue weighted by molar-refractivity contribution is -0.131. The summed E-state index contributed by atoms with van der Waals surface area (Å²) in [5, 5.41) is 11.4. The first-order valence-electron chi connectivity index (χ1n) is 3.56. The number of rotatable bonds is 3. The largest absolute Gasteiger partial charge is 0.478 e. The van der Waals surface area contributed by atoms with Gasteiger partial charge in [-0.3, -0.25) is 0 Å². The van der Waals surface area contributed by atoms with E-state index in [0.29, 0.717) is 6.54 Å². The van der Waals surface area contributed by atoms with Crippen molar-refractivity contribution < 1.29 is 9.90 Å². The third kappa shape index (κ3) is 9.17. The van der Waals surface area contributed by atoms with Crippen LogP contribution >= 0.6 is 0 Å². The molecule has 0 bridgehead atoms. The van der Waals surface area contributed by atoms with E-state index in [9.17, 15) is 4.79 Å². The summed E-state index contributed by atoms with van der Waals surface area (Å²) < 4.78 is 0. The van der Waals surface area contributed by atoms with Crippen LogP contribution in [0.15, 0.2) is 12.2 Å². The molecular weight excluding hydrogens is 142 g/mol. The number of carbonyl (C=O) groups is 1. The highest BCUT2D eigenvalue weighted by molar-refractivity contribution is 5.79. The van der Waals surface area contributed by atoms with Crippen LogP contribution in [0.4, 0.5) is 0 Å². The van der Waals surface area contributed by atoms with Crippen molar-refractivity contribution in [3.8, 4) is 0 Å². The molecule has 0 rings (SSSR count). The van der Waals surface area contributed by atoms with E-state index in [1.807, 2.05) is 20.8 Å². The third-order valence-electron chi connectivity index (χ3n) is 1.01. The third-order valence-corrected chi connectivity index (χ3v) is 1.01. The van der Waals surface area contributed by atoms with Gasteiger partial charge in [-0.2, -0.15) is 0 Å². The topological polar surface area (TPSA) is 49.3 Å². The van der Waals surface area contributed by atoms with Crippen molar-refractivity contribution in [2.24, 2.45) is 0 Å². The van der Waals surface area contributed by atoms with Gasteiger partial charge in [0.2, 0.25) is 0 Å². The molecule has 0 saturated heterocycles. The minimum atomic E-state index is -0.902. The minimum Gasteiger partial charge on any atom is -0.478 e. The van der Waals surface area contributed by atoms with Gasteiger partial charge in [-0.1, -0.05) is 6.08 Å². The number of hydrogen-bond donors (Lipinski definition) is 2. The molecule has 64 valence electrons. The number of nitrogens with one attached hydrogen (secondary N) is 1. The van der Waals surface area contributed by atoms with E-state index in [1.54, 1.807) is 6.08 Å². The Morgan fingerprint density at radius 1 is 1.55 bits per heavy atom. The van der Waals surface area contributed by atoms with E-state index < -0.39 is 5.97 Å². The monoisotopic (exact) mass is 157 g/mol. The minimum absolute atomic E-state index is 0.0445. The van der Waals surface area contributed by atoms with Crippen LogP contribution < -0.4 is 5.32 Å². The smallest absolute Gasteiger partial charge is 0.328 e. The van der Waals surface area contributed by atoms with Crippen molar-refractivity contribution in [2.45, 2.75) is 26.3 Å². The highest BCUT2D eigenvalue weighted by atomic mass is 16.4. The zero-order valence-corrected chi connectivity index (χ0v) is 7.22.